The van der Waals surface area contributed by atoms with Crippen LogP contribution in [0.2, 0.25) is 0 Å². The Morgan fingerprint density at radius 3 is 2.17 bits per heavy atom. The van der Waals surface area contributed by atoms with Crippen LogP contribution < -0.4 is 10.0 Å². The van der Waals surface area contributed by atoms with E-state index in [0.717, 1.165) is 16.0 Å². The fourth-order valence-corrected chi connectivity index (χ4v) is 4.96. The second-order valence-corrected chi connectivity index (χ2v) is 8.88. The lowest BCUT2D eigenvalue weighted by atomic mass is 10.0. The van der Waals surface area contributed by atoms with E-state index in [1.165, 1.54) is 13.8 Å². The minimum Gasteiger partial charge on any atom is -0.451 e. The first-order chi connectivity index (χ1) is 13.4. The van der Waals surface area contributed by atoms with Crippen molar-refractivity contribution in [3.63, 3.8) is 0 Å². The number of hydrogen-bond acceptors (Lipinski definition) is 6. The van der Waals surface area contributed by atoms with Gasteiger partial charge in [0.05, 0.1) is 4.90 Å². The molecule has 10 heteroatoms. The molecule has 0 saturated carbocycles. The molecule has 1 heterocycles. The molecule has 0 aromatic heterocycles. The summed E-state index contributed by atoms with van der Waals surface area (Å²) in [5.41, 5.74) is 2.85. The van der Waals surface area contributed by atoms with Crippen molar-refractivity contribution in [2.45, 2.75) is 58.6 Å². The summed E-state index contributed by atoms with van der Waals surface area (Å²) >= 11 is 0. The quantitative estimate of drug-likeness (QED) is 0.658. The van der Waals surface area contributed by atoms with Crippen molar-refractivity contribution in [3.05, 3.63) is 28.3 Å². The zero-order valence-corrected chi connectivity index (χ0v) is 18.3. The van der Waals surface area contributed by atoms with Crippen LogP contribution in [0.1, 0.15) is 36.1 Å². The highest BCUT2D eigenvalue weighted by atomic mass is 32.2. The lowest BCUT2D eigenvalue weighted by Gasteiger charge is -2.21. The van der Waals surface area contributed by atoms with Gasteiger partial charge in [-0.2, -0.15) is 4.72 Å². The average Bonchev–Trinajstić information content (AvgIpc) is 3.04. The van der Waals surface area contributed by atoms with E-state index in [9.17, 15) is 22.8 Å². The smallest absolute Gasteiger partial charge is 0.324 e. The molecular weight excluding hydrogens is 398 g/mol. The molecule has 0 spiro atoms. The van der Waals surface area contributed by atoms with Crippen molar-refractivity contribution < 1.29 is 27.5 Å². The molecule has 1 fully saturated rings. The number of ether oxygens (including phenoxy) is 1. The fraction of sp³-hybridized carbons (Fsp3) is 0.526. The van der Waals surface area contributed by atoms with Gasteiger partial charge in [-0.3, -0.25) is 14.5 Å². The third-order valence-electron chi connectivity index (χ3n) is 5.01. The molecule has 9 nitrogen and oxygen atoms in total. The molecule has 0 bridgehead atoms. The van der Waals surface area contributed by atoms with Crippen LogP contribution in [-0.4, -0.2) is 56.5 Å². The van der Waals surface area contributed by atoms with Gasteiger partial charge in [-0.1, -0.05) is 6.07 Å². The first-order valence-corrected chi connectivity index (χ1v) is 10.7. The Bertz CT molecular complexity index is 931. The number of carbonyl (C=O) groups excluding carboxylic acids is 3. The molecule has 1 aliphatic heterocycles. The fourth-order valence-electron chi connectivity index (χ4n) is 3.15. The SMILES string of the molecule is Cc1cc(C)c(C)c(S(=O)(=O)N[C@@H](C)C(=O)O[C@@H](C)C(=O)N2CCNC2=O)c1C. The van der Waals surface area contributed by atoms with Gasteiger partial charge in [0, 0.05) is 13.1 Å². The second-order valence-electron chi connectivity index (χ2n) is 7.23. The molecule has 0 radical (unpaired) electrons. The van der Waals surface area contributed by atoms with Gasteiger partial charge in [-0.15, -0.1) is 0 Å². The Balaban J connectivity index is 2.13. The largest absolute Gasteiger partial charge is 0.451 e. The average molecular weight is 426 g/mol. The highest BCUT2D eigenvalue weighted by Gasteiger charge is 2.33. The van der Waals surface area contributed by atoms with E-state index in [2.05, 4.69) is 10.0 Å². The van der Waals surface area contributed by atoms with Crippen LogP contribution in [0.5, 0.6) is 0 Å². The van der Waals surface area contributed by atoms with E-state index < -0.39 is 40.1 Å². The van der Waals surface area contributed by atoms with Gasteiger partial charge >= 0.3 is 12.0 Å². The summed E-state index contributed by atoms with van der Waals surface area (Å²) in [7, 11) is -4.00. The Morgan fingerprint density at radius 2 is 1.69 bits per heavy atom. The maximum Gasteiger partial charge on any atom is 0.324 e. The summed E-state index contributed by atoms with van der Waals surface area (Å²) < 4.78 is 33.2. The van der Waals surface area contributed by atoms with Crippen LogP contribution in [0, 0.1) is 27.7 Å². The number of nitrogens with zero attached hydrogens (tertiary/aromatic N) is 1. The molecule has 0 aliphatic carbocycles. The molecule has 2 atom stereocenters. The Morgan fingerprint density at radius 1 is 1.14 bits per heavy atom. The molecule has 29 heavy (non-hydrogen) atoms. The number of sulfonamides is 1. The summed E-state index contributed by atoms with van der Waals surface area (Å²) in [6.45, 7) is 10.3. The molecule has 0 unspecified atom stereocenters. The first kappa shape index (κ1) is 22.8. The number of nitrogens with one attached hydrogen (secondary N) is 2. The number of rotatable bonds is 6. The summed E-state index contributed by atoms with van der Waals surface area (Å²) in [4.78, 5) is 37.2. The topological polar surface area (TPSA) is 122 Å². The van der Waals surface area contributed by atoms with Gasteiger partial charge in [0.2, 0.25) is 10.0 Å². The number of esters is 1. The molecule has 2 rings (SSSR count). The normalized spacial score (nSPS) is 16.3. The van der Waals surface area contributed by atoms with Crippen molar-refractivity contribution in [2.24, 2.45) is 0 Å². The number of hydrogen-bond donors (Lipinski definition) is 2. The molecule has 160 valence electrons. The zero-order chi connectivity index (χ0) is 22.1. The van der Waals surface area contributed by atoms with Gasteiger partial charge < -0.3 is 10.1 Å². The van der Waals surface area contributed by atoms with Gasteiger partial charge in [0.15, 0.2) is 6.10 Å². The Kier molecular flexibility index (Phi) is 6.69. The van der Waals surface area contributed by atoms with E-state index in [-0.39, 0.29) is 11.4 Å². The highest BCUT2D eigenvalue weighted by Crippen LogP contribution is 2.26. The number of amides is 3. The summed E-state index contributed by atoms with van der Waals surface area (Å²) in [6, 6.07) is 0.137. The lowest BCUT2D eigenvalue weighted by Crippen LogP contribution is -2.45. The molecule has 3 amide bonds. The Hall–Kier alpha value is -2.46. The molecule has 1 aromatic carbocycles. The van der Waals surface area contributed by atoms with Crippen LogP contribution in [0.25, 0.3) is 0 Å². The van der Waals surface area contributed by atoms with Crippen LogP contribution in [0.3, 0.4) is 0 Å². The molecular formula is C19H27N3O6S. The first-order valence-electron chi connectivity index (χ1n) is 9.26. The summed E-state index contributed by atoms with van der Waals surface area (Å²) in [6.07, 6.45) is -1.22. The van der Waals surface area contributed by atoms with E-state index in [0.29, 0.717) is 17.7 Å². The van der Waals surface area contributed by atoms with Crippen molar-refractivity contribution in [2.75, 3.05) is 13.1 Å². The minimum absolute atomic E-state index is 0.132. The summed E-state index contributed by atoms with van der Waals surface area (Å²) in [5.74, 6) is -1.57. The van der Waals surface area contributed by atoms with Gasteiger partial charge in [-0.25, -0.2) is 13.2 Å². The van der Waals surface area contributed by atoms with Crippen molar-refractivity contribution in [1.82, 2.24) is 14.9 Å². The molecule has 1 aromatic rings. The van der Waals surface area contributed by atoms with E-state index in [4.69, 9.17) is 4.74 Å². The maximum atomic E-state index is 12.9. The molecule has 1 aliphatic rings. The van der Waals surface area contributed by atoms with Crippen LogP contribution in [0.4, 0.5) is 4.79 Å². The number of urea groups is 1. The minimum atomic E-state index is -4.00. The molecule has 2 N–H and O–H groups in total. The third-order valence-corrected chi connectivity index (χ3v) is 6.83. The van der Waals surface area contributed by atoms with Crippen molar-refractivity contribution >= 4 is 27.9 Å². The highest BCUT2D eigenvalue weighted by molar-refractivity contribution is 7.89. The van der Waals surface area contributed by atoms with Crippen molar-refractivity contribution in [3.8, 4) is 0 Å². The predicted octanol–water partition coefficient (Wildman–Crippen LogP) is 1.07. The number of aryl methyl sites for hydroxylation is 2. The van der Waals surface area contributed by atoms with E-state index in [1.807, 2.05) is 19.9 Å². The van der Waals surface area contributed by atoms with E-state index in [1.54, 1.807) is 13.8 Å². The zero-order valence-electron chi connectivity index (χ0n) is 17.5. The van der Waals surface area contributed by atoms with Crippen LogP contribution in [-0.2, 0) is 24.3 Å². The number of carbonyl (C=O) groups is 3. The van der Waals surface area contributed by atoms with Gasteiger partial charge in [-0.05, 0) is 63.8 Å². The monoisotopic (exact) mass is 425 g/mol. The summed E-state index contributed by atoms with van der Waals surface area (Å²) in [5, 5.41) is 2.48. The predicted molar refractivity (Wildman–Crippen MR) is 106 cm³/mol. The van der Waals surface area contributed by atoms with E-state index >= 15 is 0 Å². The van der Waals surface area contributed by atoms with Crippen LogP contribution >= 0.6 is 0 Å². The second kappa shape index (κ2) is 8.50. The standard InChI is InChI=1S/C19H27N3O6S/c1-10-9-11(2)13(4)16(12(10)3)29(26,27)21-14(5)18(24)28-15(6)17(23)22-8-7-20-19(22)25/h9,14-15,21H,7-8H2,1-6H3,(H,20,25)/t14-,15-/m0/s1. The lowest BCUT2D eigenvalue weighted by molar-refractivity contribution is -0.158. The maximum absolute atomic E-state index is 12.9. The Labute approximate surface area is 170 Å². The van der Waals surface area contributed by atoms with Gasteiger partial charge in [0.1, 0.15) is 6.04 Å². The van der Waals surface area contributed by atoms with Crippen LogP contribution in [0.15, 0.2) is 11.0 Å². The van der Waals surface area contributed by atoms with Gasteiger partial charge in [0.25, 0.3) is 5.91 Å². The molecule has 1 saturated heterocycles. The number of benzene rings is 1. The third kappa shape index (κ3) is 4.76. The number of imide groups is 1. The van der Waals surface area contributed by atoms with Crippen molar-refractivity contribution in [1.29, 1.82) is 0 Å².